The summed E-state index contributed by atoms with van der Waals surface area (Å²) >= 11 is 3.35. The zero-order valence-electron chi connectivity index (χ0n) is 7.86. The fourth-order valence-electron chi connectivity index (χ4n) is 1.15. The highest BCUT2D eigenvalue weighted by Crippen LogP contribution is 2.29. The van der Waals surface area contributed by atoms with Crippen molar-refractivity contribution in [2.75, 3.05) is 11.5 Å². The van der Waals surface area contributed by atoms with Gasteiger partial charge >= 0.3 is 0 Å². The summed E-state index contributed by atoms with van der Waals surface area (Å²) in [7, 11) is 0. The molecule has 3 nitrogen and oxygen atoms in total. The van der Waals surface area contributed by atoms with E-state index in [1.54, 1.807) is 23.1 Å². The molecule has 74 valence electrons. The number of thioether (sulfide) groups is 1. The van der Waals surface area contributed by atoms with Gasteiger partial charge in [0, 0.05) is 5.39 Å². The van der Waals surface area contributed by atoms with Gasteiger partial charge in [0.15, 0.2) is 0 Å². The Balaban J connectivity index is 2.44. The average molecular weight is 225 g/mol. The lowest BCUT2D eigenvalue weighted by molar-refractivity contribution is 1.08. The minimum absolute atomic E-state index is 0.374. The van der Waals surface area contributed by atoms with Gasteiger partial charge in [0.25, 0.3) is 0 Å². The second kappa shape index (κ2) is 4.14. The number of aromatic nitrogens is 2. The van der Waals surface area contributed by atoms with Crippen molar-refractivity contribution >= 4 is 39.3 Å². The van der Waals surface area contributed by atoms with E-state index in [1.807, 2.05) is 5.38 Å². The highest BCUT2D eigenvalue weighted by Gasteiger charge is 2.06. The van der Waals surface area contributed by atoms with Gasteiger partial charge in [0.2, 0.25) is 5.95 Å². The molecule has 0 saturated heterocycles. The van der Waals surface area contributed by atoms with Crippen LogP contribution in [0, 0.1) is 0 Å². The van der Waals surface area contributed by atoms with Gasteiger partial charge in [0.1, 0.15) is 9.86 Å². The maximum absolute atomic E-state index is 5.63. The van der Waals surface area contributed by atoms with Gasteiger partial charge in [-0.15, -0.1) is 23.1 Å². The fourth-order valence-corrected chi connectivity index (χ4v) is 2.86. The highest BCUT2D eigenvalue weighted by atomic mass is 32.2. The molecule has 0 saturated carbocycles. The highest BCUT2D eigenvalue weighted by molar-refractivity contribution is 7.99. The van der Waals surface area contributed by atoms with Gasteiger partial charge in [-0.05, 0) is 23.6 Å². The quantitative estimate of drug-likeness (QED) is 0.644. The van der Waals surface area contributed by atoms with Crippen LogP contribution in [0.2, 0.25) is 0 Å². The van der Waals surface area contributed by atoms with Crippen molar-refractivity contribution in [3.05, 3.63) is 11.4 Å². The van der Waals surface area contributed by atoms with Gasteiger partial charge in [-0.1, -0.05) is 6.92 Å². The minimum atomic E-state index is 0.374. The van der Waals surface area contributed by atoms with E-state index in [9.17, 15) is 0 Å². The summed E-state index contributed by atoms with van der Waals surface area (Å²) in [5.41, 5.74) is 5.63. The molecule has 2 aromatic heterocycles. The number of thiophene rings is 1. The van der Waals surface area contributed by atoms with Crippen molar-refractivity contribution in [3.8, 4) is 0 Å². The topological polar surface area (TPSA) is 51.8 Å². The summed E-state index contributed by atoms with van der Waals surface area (Å²) in [5, 5.41) is 4.16. The van der Waals surface area contributed by atoms with E-state index in [2.05, 4.69) is 23.0 Å². The second-order valence-electron chi connectivity index (χ2n) is 2.87. The standard InChI is InChI=1S/C9H11N3S2/c1-2-4-13-7-6-3-5-14-8(6)12-9(10)11-7/h3,5H,2,4H2,1H3,(H2,10,11,12). The van der Waals surface area contributed by atoms with Gasteiger partial charge in [-0.3, -0.25) is 0 Å². The maximum atomic E-state index is 5.63. The predicted molar refractivity (Wildman–Crippen MR) is 62.8 cm³/mol. The van der Waals surface area contributed by atoms with Crippen LogP contribution in [0.25, 0.3) is 10.2 Å². The Kier molecular flexibility index (Phi) is 2.88. The molecule has 2 aromatic rings. The molecule has 0 atom stereocenters. The molecule has 0 radical (unpaired) electrons. The molecule has 2 N–H and O–H groups in total. The number of nitrogens with two attached hydrogens (primary N) is 1. The number of nitrogen functional groups attached to an aromatic ring is 1. The molecule has 0 amide bonds. The van der Waals surface area contributed by atoms with Crippen molar-refractivity contribution in [1.82, 2.24) is 9.97 Å². The molecule has 0 bridgehead atoms. The molecule has 2 rings (SSSR count). The van der Waals surface area contributed by atoms with Crippen LogP contribution in [0.5, 0.6) is 0 Å². The van der Waals surface area contributed by atoms with E-state index < -0.39 is 0 Å². The van der Waals surface area contributed by atoms with E-state index in [1.165, 1.54) is 0 Å². The van der Waals surface area contributed by atoms with Crippen LogP contribution in [-0.4, -0.2) is 15.7 Å². The molecule has 14 heavy (non-hydrogen) atoms. The Hall–Kier alpha value is -0.810. The first-order valence-electron chi connectivity index (χ1n) is 4.44. The van der Waals surface area contributed by atoms with E-state index in [-0.39, 0.29) is 0 Å². The zero-order chi connectivity index (χ0) is 9.97. The number of fused-ring (bicyclic) bond motifs is 1. The summed E-state index contributed by atoms with van der Waals surface area (Å²) in [6.07, 6.45) is 1.14. The normalized spacial score (nSPS) is 10.9. The average Bonchev–Trinajstić information content (AvgIpc) is 2.61. The first-order chi connectivity index (χ1) is 6.81. The number of hydrogen-bond donors (Lipinski definition) is 1. The van der Waals surface area contributed by atoms with E-state index >= 15 is 0 Å². The second-order valence-corrected chi connectivity index (χ2v) is 4.85. The summed E-state index contributed by atoms with van der Waals surface area (Å²) in [5.74, 6) is 1.44. The first kappa shape index (κ1) is 9.73. The Bertz CT molecular complexity index is 439. The van der Waals surface area contributed by atoms with Crippen LogP contribution in [0.15, 0.2) is 16.5 Å². The van der Waals surface area contributed by atoms with E-state index in [0.29, 0.717) is 5.95 Å². The van der Waals surface area contributed by atoms with E-state index in [0.717, 1.165) is 27.4 Å². The lowest BCUT2D eigenvalue weighted by atomic mass is 10.4. The maximum Gasteiger partial charge on any atom is 0.222 e. The third-order valence-electron chi connectivity index (χ3n) is 1.75. The summed E-state index contributed by atoms with van der Waals surface area (Å²) in [4.78, 5) is 9.41. The number of hydrogen-bond acceptors (Lipinski definition) is 5. The lowest BCUT2D eigenvalue weighted by Gasteiger charge is -2.01. The summed E-state index contributed by atoms with van der Waals surface area (Å²) in [6.45, 7) is 2.16. The van der Waals surface area contributed by atoms with Gasteiger partial charge in [-0.2, -0.15) is 0 Å². The lowest BCUT2D eigenvalue weighted by Crippen LogP contribution is -1.95. The van der Waals surface area contributed by atoms with Crippen LogP contribution in [-0.2, 0) is 0 Å². The zero-order valence-corrected chi connectivity index (χ0v) is 9.49. The van der Waals surface area contributed by atoms with Crippen molar-refractivity contribution in [1.29, 1.82) is 0 Å². The van der Waals surface area contributed by atoms with Crippen LogP contribution >= 0.6 is 23.1 Å². The molecule has 0 fully saturated rings. The molecular weight excluding hydrogens is 214 g/mol. The number of nitrogens with zero attached hydrogens (tertiary/aromatic N) is 2. The number of rotatable bonds is 3. The Morgan fingerprint density at radius 2 is 2.36 bits per heavy atom. The Labute approximate surface area is 90.8 Å². The van der Waals surface area contributed by atoms with Crippen LogP contribution < -0.4 is 5.73 Å². The van der Waals surface area contributed by atoms with Crippen LogP contribution in [0.1, 0.15) is 13.3 Å². The first-order valence-corrected chi connectivity index (χ1v) is 6.31. The molecule has 0 spiro atoms. The third kappa shape index (κ3) is 1.83. The third-order valence-corrected chi connectivity index (χ3v) is 3.75. The molecule has 0 aliphatic rings. The molecule has 0 aromatic carbocycles. The SMILES string of the molecule is CCCSc1nc(N)nc2sccc12. The fraction of sp³-hybridized carbons (Fsp3) is 0.333. The number of anilines is 1. The van der Waals surface area contributed by atoms with Crippen molar-refractivity contribution in [2.24, 2.45) is 0 Å². The summed E-state index contributed by atoms with van der Waals surface area (Å²) < 4.78 is 0. The Morgan fingerprint density at radius 1 is 1.50 bits per heavy atom. The van der Waals surface area contributed by atoms with Crippen molar-refractivity contribution in [3.63, 3.8) is 0 Å². The Morgan fingerprint density at radius 3 is 3.14 bits per heavy atom. The molecule has 0 aliphatic heterocycles. The monoisotopic (exact) mass is 225 g/mol. The summed E-state index contributed by atoms with van der Waals surface area (Å²) in [6, 6.07) is 2.05. The molecule has 0 unspecified atom stereocenters. The van der Waals surface area contributed by atoms with Crippen LogP contribution in [0.4, 0.5) is 5.95 Å². The van der Waals surface area contributed by atoms with Gasteiger partial charge < -0.3 is 5.73 Å². The minimum Gasteiger partial charge on any atom is -0.368 e. The van der Waals surface area contributed by atoms with Crippen LogP contribution in [0.3, 0.4) is 0 Å². The molecule has 5 heteroatoms. The molecule has 0 aliphatic carbocycles. The molecular formula is C9H11N3S2. The van der Waals surface area contributed by atoms with E-state index in [4.69, 9.17) is 5.73 Å². The van der Waals surface area contributed by atoms with Gasteiger partial charge in [-0.25, -0.2) is 9.97 Å². The molecule has 2 heterocycles. The predicted octanol–water partition coefficient (Wildman–Crippen LogP) is 2.78. The van der Waals surface area contributed by atoms with Crippen molar-refractivity contribution in [2.45, 2.75) is 18.4 Å². The van der Waals surface area contributed by atoms with Gasteiger partial charge in [0.05, 0.1) is 0 Å². The smallest absolute Gasteiger partial charge is 0.222 e. The largest absolute Gasteiger partial charge is 0.368 e. The van der Waals surface area contributed by atoms with Crippen molar-refractivity contribution < 1.29 is 0 Å².